The van der Waals surface area contributed by atoms with Gasteiger partial charge in [0, 0.05) is 32.8 Å². The Morgan fingerprint density at radius 3 is 2.37 bits per heavy atom. The van der Waals surface area contributed by atoms with E-state index >= 15 is 0 Å². The summed E-state index contributed by atoms with van der Waals surface area (Å²) < 4.78 is 5.12. The van der Waals surface area contributed by atoms with Crippen LogP contribution in [0.5, 0.6) is 0 Å². The molecule has 1 rings (SSSR count). The fourth-order valence-corrected chi connectivity index (χ4v) is 2.33. The third kappa shape index (κ3) is 4.70. The molecule has 0 atom stereocenters. The number of carbonyl (C=O) groups is 2. The summed E-state index contributed by atoms with van der Waals surface area (Å²) in [6.07, 6.45) is 1.83. The van der Waals surface area contributed by atoms with Gasteiger partial charge in [-0.3, -0.25) is 4.79 Å². The van der Waals surface area contributed by atoms with Crippen molar-refractivity contribution in [3.05, 3.63) is 0 Å². The topological polar surface area (TPSA) is 70.1 Å². The summed E-state index contributed by atoms with van der Waals surface area (Å²) >= 11 is 0. The number of hydrogen-bond acceptors (Lipinski definition) is 3. The van der Waals surface area contributed by atoms with E-state index in [0.29, 0.717) is 19.0 Å². The van der Waals surface area contributed by atoms with E-state index in [4.69, 9.17) is 9.84 Å². The summed E-state index contributed by atoms with van der Waals surface area (Å²) in [7, 11) is 1.69. The zero-order valence-electron chi connectivity index (χ0n) is 12.0. The largest absolute Gasteiger partial charge is 0.480 e. The number of urea groups is 1. The molecule has 2 amide bonds. The fraction of sp³-hybridized carbons (Fsp3) is 0.846. The van der Waals surface area contributed by atoms with E-state index in [9.17, 15) is 9.59 Å². The molecule has 110 valence electrons. The SMILES string of the molecule is COCC1CCN(C(=O)N(CC(=O)O)C(C)C)CC1. The predicted molar refractivity (Wildman–Crippen MR) is 71.0 cm³/mol. The van der Waals surface area contributed by atoms with Gasteiger partial charge in [-0.15, -0.1) is 0 Å². The Bertz CT molecular complexity index is 312. The van der Waals surface area contributed by atoms with Crippen molar-refractivity contribution in [3.8, 4) is 0 Å². The van der Waals surface area contributed by atoms with Gasteiger partial charge < -0.3 is 19.6 Å². The molecule has 0 spiro atoms. The number of aliphatic carboxylic acids is 1. The molecule has 1 heterocycles. The number of ether oxygens (including phenoxy) is 1. The van der Waals surface area contributed by atoms with Gasteiger partial charge in [0.15, 0.2) is 0 Å². The number of carboxylic acid groups (broad SMARTS) is 1. The minimum Gasteiger partial charge on any atom is -0.480 e. The molecule has 0 aromatic carbocycles. The molecule has 0 aromatic rings. The predicted octanol–water partition coefficient (Wildman–Crippen LogP) is 1.26. The molecule has 0 saturated carbocycles. The van der Waals surface area contributed by atoms with Gasteiger partial charge in [-0.25, -0.2) is 4.79 Å². The lowest BCUT2D eigenvalue weighted by atomic mass is 9.98. The number of amides is 2. The second-order valence-corrected chi connectivity index (χ2v) is 5.28. The molecule has 1 N–H and O–H groups in total. The molecule has 0 bridgehead atoms. The molecule has 0 aliphatic carbocycles. The van der Waals surface area contributed by atoms with Gasteiger partial charge in [0.25, 0.3) is 0 Å². The highest BCUT2D eigenvalue weighted by Crippen LogP contribution is 2.19. The summed E-state index contributed by atoms with van der Waals surface area (Å²) in [6.45, 7) is 5.50. The molecule has 6 nitrogen and oxygen atoms in total. The van der Waals surface area contributed by atoms with Crippen molar-refractivity contribution in [1.29, 1.82) is 0 Å². The van der Waals surface area contributed by atoms with Gasteiger partial charge in [-0.1, -0.05) is 0 Å². The van der Waals surface area contributed by atoms with E-state index in [1.165, 1.54) is 4.90 Å². The monoisotopic (exact) mass is 272 g/mol. The highest BCUT2D eigenvalue weighted by Gasteiger charge is 2.28. The van der Waals surface area contributed by atoms with Gasteiger partial charge in [-0.05, 0) is 32.6 Å². The minimum atomic E-state index is -0.976. The van der Waals surface area contributed by atoms with Crippen molar-refractivity contribution in [3.63, 3.8) is 0 Å². The molecule has 1 aliphatic heterocycles. The number of nitrogens with zero attached hydrogens (tertiary/aromatic N) is 2. The van der Waals surface area contributed by atoms with E-state index < -0.39 is 5.97 Å². The highest BCUT2D eigenvalue weighted by molar-refractivity contribution is 5.80. The van der Waals surface area contributed by atoms with E-state index in [1.54, 1.807) is 12.0 Å². The van der Waals surface area contributed by atoms with E-state index in [0.717, 1.165) is 19.4 Å². The molecule has 19 heavy (non-hydrogen) atoms. The number of rotatable bonds is 5. The van der Waals surface area contributed by atoms with Crippen LogP contribution in [0.15, 0.2) is 0 Å². The van der Waals surface area contributed by atoms with Crippen LogP contribution < -0.4 is 0 Å². The number of likely N-dealkylation sites (tertiary alicyclic amines) is 1. The smallest absolute Gasteiger partial charge is 0.323 e. The van der Waals surface area contributed by atoms with Crippen LogP contribution >= 0.6 is 0 Å². The van der Waals surface area contributed by atoms with Crippen LogP contribution in [0.2, 0.25) is 0 Å². The summed E-state index contributed by atoms with van der Waals surface area (Å²) in [5, 5.41) is 8.86. The second kappa shape index (κ2) is 7.33. The van der Waals surface area contributed by atoms with Crippen molar-refractivity contribution in [2.24, 2.45) is 5.92 Å². The Labute approximate surface area is 114 Å². The standard InChI is InChI=1S/C13H24N2O4/c1-10(2)15(8-12(16)17)13(18)14-6-4-11(5-7-14)9-19-3/h10-11H,4-9H2,1-3H3,(H,16,17). The normalized spacial score (nSPS) is 16.7. The van der Waals surface area contributed by atoms with Crippen molar-refractivity contribution < 1.29 is 19.4 Å². The fourth-order valence-electron chi connectivity index (χ4n) is 2.33. The first-order valence-electron chi connectivity index (χ1n) is 6.72. The third-order valence-electron chi connectivity index (χ3n) is 3.46. The molecule has 1 fully saturated rings. The van der Waals surface area contributed by atoms with Gasteiger partial charge in [0.1, 0.15) is 6.54 Å². The molecule has 0 radical (unpaired) electrons. The Kier molecular flexibility index (Phi) is 6.08. The lowest BCUT2D eigenvalue weighted by Gasteiger charge is -2.36. The highest BCUT2D eigenvalue weighted by atomic mass is 16.5. The van der Waals surface area contributed by atoms with Crippen LogP contribution in [0.25, 0.3) is 0 Å². The Balaban J connectivity index is 2.54. The van der Waals surface area contributed by atoms with E-state index in [1.807, 2.05) is 13.8 Å². The Hall–Kier alpha value is -1.30. The Morgan fingerprint density at radius 2 is 1.95 bits per heavy atom. The molecule has 0 aromatic heterocycles. The Morgan fingerprint density at radius 1 is 1.37 bits per heavy atom. The van der Waals surface area contributed by atoms with Crippen molar-refractivity contribution in [1.82, 2.24) is 9.80 Å². The molecule has 1 saturated heterocycles. The minimum absolute atomic E-state index is 0.111. The molecular formula is C13H24N2O4. The van der Waals surface area contributed by atoms with Crippen LogP contribution in [0.4, 0.5) is 4.79 Å². The number of hydrogen-bond donors (Lipinski definition) is 1. The van der Waals surface area contributed by atoms with E-state index in [-0.39, 0.29) is 18.6 Å². The average molecular weight is 272 g/mol. The molecule has 0 unspecified atom stereocenters. The van der Waals surface area contributed by atoms with Gasteiger partial charge in [0.05, 0.1) is 0 Å². The molecule has 6 heteroatoms. The third-order valence-corrected chi connectivity index (χ3v) is 3.46. The summed E-state index contributed by atoms with van der Waals surface area (Å²) in [6, 6.07) is -0.284. The summed E-state index contributed by atoms with van der Waals surface area (Å²) in [5.41, 5.74) is 0. The van der Waals surface area contributed by atoms with Gasteiger partial charge >= 0.3 is 12.0 Å². The maximum atomic E-state index is 12.3. The number of methoxy groups -OCH3 is 1. The number of piperidine rings is 1. The van der Waals surface area contributed by atoms with Crippen LogP contribution in [0.1, 0.15) is 26.7 Å². The number of carbonyl (C=O) groups excluding carboxylic acids is 1. The lowest BCUT2D eigenvalue weighted by molar-refractivity contribution is -0.138. The van der Waals surface area contributed by atoms with Crippen LogP contribution in [-0.2, 0) is 9.53 Å². The van der Waals surface area contributed by atoms with Crippen LogP contribution in [0.3, 0.4) is 0 Å². The van der Waals surface area contributed by atoms with Crippen LogP contribution in [-0.4, -0.2) is 66.3 Å². The first kappa shape index (κ1) is 15.8. The zero-order valence-corrected chi connectivity index (χ0v) is 12.0. The van der Waals surface area contributed by atoms with Crippen LogP contribution in [0, 0.1) is 5.92 Å². The maximum absolute atomic E-state index is 12.3. The molecular weight excluding hydrogens is 248 g/mol. The number of carboxylic acids is 1. The second-order valence-electron chi connectivity index (χ2n) is 5.28. The molecule has 1 aliphatic rings. The van der Waals surface area contributed by atoms with Crippen molar-refractivity contribution in [2.45, 2.75) is 32.7 Å². The van der Waals surface area contributed by atoms with Gasteiger partial charge in [0.2, 0.25) is 0 Å². The summed E-state index contributed by atoms with van der Waals surface area (Å²) in [5.74, 6) is -0.475. The average Bonchev–Trinajstić information content (AvgIpc) is 2.36. The van der Waals surface area contributed by atoms with Gasteiger partial charge in [-0.2, -0.15) is 0 Å². The first-order chi connectivity index (χ1) is 8.95. The van der Waals surface area contributed by atoms with Crippen molar-refractivity contribution in [2.75, 3.05) is 33.4 Å². The zero-order chi connectivity index (χ0) is 14.4. The first-order valence-corrected chi connectivity index (χ1v) is 6.72. The summed E-state index contributed by atoms with van der Waals surface area (Å²) in [4.78, 5) is 26.3. The maximum Gasteiger partial charge on any atom is 0.323 e. The van der Waals surface area contributed by atoms with Crippen molar-refractivity contribution >= 4 is 12.0 Å². The lowest BCUT2D eigenvalue weighted by Crippen LogP contribution is -2.51. The van der Waals surface area contributed by atoms with E-state index in [2.05, 4.69) is 0 Å². The quantitative estimate of drug-likeness (QED) is 0.818.